The number of hydrogen-bond donors (Lipinski definition) is 1. The van der Waals surface area contributed by atoms with E-state index in [-0.39, 0.29) is 6.03 Å². The van der Waals surface area contributed by atoms with Crippen LogP contribution in [0.1, 0.15) is 32.1 Å². The van der Waals surface area contributed by atoms with Gasteiger partial charge in [-0.05, 0) is 12.8 Å². The van der Waals surface area contributed by atoms with Crippen molar-refractivity contribution < 1.29 is 4.79 Å². The predicted octanol–water partition coefficient (Wildman–Crippen LogP) is 2.74. The molecule has 0 saturated heterocycles. The summed E-state index contributed by atoms with van der Waals surface area (Å²) in [6, 6.07) is -0.166. The van der Waals surface area contributed by atoms with Crippen LogP contribution in [-0.2, 0) is 0 Å². The Kier molecular flexibility index (Phi) is 4.82. The summed E-state index contributed by atoms with van der Waals surface area (Å²) in [5, 5.41) is 12.1. The van der Waals surface area contributed by atoms with Crippen LogP contribution in [0.5, 0.6) is 0 Å². The van der Waals surface area contributed by atoms with Crippen molar-refractivity contribution in [3.8, 4) is 0 Å². The van der Waals surface area contributed by atoms with E-state index >= 15 is 0 Å². The van der Waals surface area contributed by atoms with E-state index in [0.717, 1.165) is 4.34 Å². The lowest BCUT2D eigenvalue weighted by atomic mass is 10.0. The Morgan fingerprint density at radius 1 is 1.39 bits per heavy atom. The van der Waals surface area contributed by atoms with Gasteiger partial charge >= 0.3 is 6.03 Å². The number of amides is 2. The molecule has 0 spiro atoms. The molecule has 2 amide bonds. The molecule has 1 aromatic rings. The fourth-order valence-corrected chi connectivity index (χ4v) is 4.27. The molecule has 0 bridgehead atoms. The number of nitrogens with one attached hydrogen (secondary N) is 1. The molecule has 18 heavy (non-hydrogen) atoms. The molecule has 1 saturated carbocycles. The third kappa shape index (κ3) is 3.35. The van der Waals surface area contributed by atoms with Crippen molar-refractivity contribution in [2.24, 2.45) is 0 Å². The van der Waals surface area contributed by atoms with Crippen LogP contribution in [0.2, 0.25) is 0 Å². The Bertz CT molecular complexity index is 404. The minimum atomic E-state index is -0.166. The van der Waals surface area contributed by atoms with Crippen LogP contribution in [0.25, 0.3) is 0 Å². The van der Waals surface area contributed by atoms with E-state index in [1.54, 1.807) is 14.1 Å². The molecule has 0 aromatic carbocycles. The Morgan fingerprint density at radius 3 is 2.78 bits per heavy atom. The van der Waals surface area contributed by atoms with Crippen molar-refractivity contribution >= 4 is 34.3 Å². The average molecular weight is 286 g/mol. The van der Waals surface area contributed by atoms with Gasteiger partial charge in [-0.15, -0.1) is 10.2 Å². The monoisotopic (exact) mass is 286 g/mol. The summed E-state index contributed by atoms with van der Waals surface area (Å²) in [4.78, 5) is 12.9. The second kappa shape index (κ2) is 6.38. The first-order valence-corrected chi connectivity index (χ1v) is 7.86. The number of carbonyl (C=O) groups is 1. The fraction of sp³-hybridized carbons (Fsp3) is 0.727. The number of carbonyl (C=O) groups excluding carboxylic acids is 1. The quantitative estimate of drug-likeness (QED) is 0.868. The Balaban J connectivity index is 1.94. The van der Waals surface area contributed by atoms with Crippen molar-refractivity contribution in [3.63, 3.8) is 0 Å². The summed E-state index contributed by atoms with van der Waals surface area (Å²) >= 11 is 3.29. The van der Waals surface area contributed by atoms with Gasteiger partial charge in [0.25, 0.3) is 0 Å². The van der Waals surface area contributed by atoms with E-state index in [1.165, 1.54) is 48.3 Å². The summed E-state index contributed by atoms with van der Waals surface area (Å²) < 4.78 is 0.965. The third-order valence-corrected chi connectivity index (χ3v) is 5.44. The maximum absolute atomic E-state index is 11.5. The highest BCUT2D eigenvalue weighted by Crippen LogP contribution is 2.36. The van der Waals surface area contributed by atoms with E-state index in [4.69, 9.17) is 0 Å². The lowest BCUT2D eigenvalue weighted by molar-refractivity contribution is 0.249. The van der Waals surface area contributed by atoms with Gasteiger partial charge in [-0.25, -0.2) is 4.79 Å². The summed E-state index contributed by atoms with van der Waals surface area (Å²) in [7, 11) is 3.31. The molecule has 1 aliphatic carbocycles. The molecule has 1 heterocycles. The van der Waals surface area contributed by atoms with Crippen molar-refractivity contribution in [1.82, 2.24) is 15.5 Å². The van der Waals surface area contributed by atoms with Gasteiger partial charge in [-0.2, -0.15) is 0 Å². The zero-order valence-electron chi connectivity index (χ0n) is 10.7. The summed E-state index contributed by atoms with van der Waals surface area (Å²) in [5.41, 5.74) is 0. The van der Waals surface area contributed by atoms with Crippen LogP contribution in [0.3, 0.4) is 0 Å². The van der Waals surface area contributed by atoms with Crippen LogP contribution in [0, 0.1) is 0 Å². The molecule has 0 radical (unpaired) electrons. The largest absolute Gasteiger partial charge is 0.341 e. The van der Waals surface area contributed by atoms with E-state index < -0.39 is 0 Å². The average Bonchev–Trinajstić information content (AvgIpc) is 2.86. The van der Waals surface area contributed by atoms with E-state index in [0.29, 0.717) is 10.4 Å². The number of nitrogens with zero attached hydrogens (tertiary/aromatic N) is 3. The minimum Gasteiger partial charge on any atom is -0.341 e. The van der Waals surface area contributed by atoms with Crippen molar-refractivity contribution in [2.45, 2.75) is 41.7 Å². The maximum atomic E-state index is 11.5. The standard InChI is InChI=1S/C11H18N4OS2/c1-12-9(16)15(2)10-13-14-11(18-10)17-8-6-4-3-5-7-8/h8H,3-7H2,1-2H3,(H,12,16). The Labute approximate surface area is 115 Å². The van der Waals surface area contributed by atoms with Gasteiger partial charge < -0.3 is 5.32 Å². The van der Waals surface area contributed by atoms with Crippen LogP contribution in [0.4, 0.5) is 9.93 Å². The topological polar surface area (TPSA) is 58.1 Å². The molecular weight excluding hydrogens is 268 g/mol. The normalized spacial score (nSPS) is 16.6. The minimum absolute atomic E-state index is 0.166. The van der Waals surface area contributed by atoms with E-state index in [9.17, 15) is 4.79 Å². The second-order valence-electron chi connectivity index (χ2n) is 4.34. The molecule has 2 rings (SSSR count). The maximum Gasteiger partial charge on any atom is 0.323 e. The first-order chi connectivity index (χ1) is 8.70. The van der Waals surface area contributed by atoms with Crippen molar-refractivity contribution in [1.29, 1.82) is 0 Å². The first-order valence-electron chi connectivity index (χ1n) is 6.16. The molecule has 1 aliphatic rings. The zero-order valence-corrected chi connectivity index (χ0v) is 12.3. The molecule has 100 valence electrons. The van der Waals surface area contributed by atoms with E-state index in [2.05, 4.69) is 15.5 Å². The zero-order chi connectivity index (χ0) is 13.0. The highest BCUT2D eigenvalue weighted by Gasteiger charge is 2.19. The summed E-state index contributed by atoms with van der Waals surface area (Å²) in [5.74, 6) is 0. The molecular formula is C11H18N4OS2. The molecule has 1 fully saturated rings. The lowest BCUT2D eigenvalue weighted by Crippen LogP contribution is -2.34. The first kappa shape index (κ1) is 13.6. The van der Waals surface area contributed by atoms with Gasteiger partial charge in [0.1, 0.15) is 0 Å². The van der Waals surface area contributed by atoms with Crippen LogP contribution in [-0.4, -0.2) is 35.6 Å². The highest BCUT2D eigenvalue weighted by atomic mass is 32.2. The number of anilines is 1. The van der Waals surface area contributed by atoms with Gasteiger partial charge in [0, 0.05) is 19.3 Å². The number of hydrogen-bond acceptors (Lipinski definition) is 5. The van der Waals surface area contributed by atoms with Crippen LogP contribution in [0.15, 0.2) is 4.34 Å². The molecule has 1 aromatic heterocycles. The number of aromatic nitrogens is 2. The molecule has 5 nitrogen and oxygen atoms in total. The number of urea groups is 1. The smallest absolute Gasteiger partial charge is 0.323 e. The van der Waals surface area contributed by atoms with Gasteiger partial charge in [0.05, 0.1) is 0 Å². The second-order valence-corrected chi connectivity index (χ2v) is 6.85. The van der Waals surface area contributed by atoms with Gasteiger partial charge in [0.2, 0.25) is 5.13 Å². The summed E-state index contributed by atoms with van der Waals surface area (Å²) in [6.45, 7) is 0. The van der Waals surface area contributed by atoms with Gasteiger partial charge in [0.15, 0.2) is 4.34 Å². The SMILES string of the molecule is CNC(=O)N(C)c1nnc(SC2CCCCC2)s1. The van der Waals surface area contributed by atoms with Gasteiger partial charge in [-0.3, -0.25) is 4.90 Å². The predicted molar refractivity (Wildman–Crippen MR) is 75.5 cm³/mol. The highest BCUT2D eigenvalue weighted by molar-refractivity contribution is 8.01. The molecule has 0 atom stereocenters. The molecule has 0 aliphatic heterocycles. The van der Waals surface area contributed by atoms with Crippen molar-refractivity contribution in [2.75, 3.05) is 19.0 Å². The molecule has 0 unspecified atom stereocenters. The number of thioether (sulfide) groups is 1. The Morgan fingerprint density at radius 2 is 2.11 bits per heavy atom. The molecule has 1 N–H and O–H groups in total. The summed E-state index contributed by atoms with van der Waals surface area (Å²) in [6.07, 6.45) is 6.54. The number of rotatable bonds is 3. The van der Waals surface area contributed by atoms with Gasteiger partial charge in [-0.1, -0.05) is 42.4 Å². The van der Waals surface area contributed by atoms with E-state index in [1.807, 2.05) is 11.8 Å². The fourth-order valence-electron chi connectivity index (χ4n) is 1.97. The van der Waals surface area contributed by atoms with Crippen LogP contribution >= 0.6 is 23.1 Å². The molecule has 7 heteroatoms. The van der Waals surface area contributed by atoms with Crippen molar-refractivity contribution in [3.05, 3.63) is 0 Å². The van der Waals surface area contributed by atoms with Crippen LogP contribution < -0.4 is 10.2 Å². The lowest BCUT2D eigenvalue weighted by Gasteiger charge is -2.19. The third-order valence-electron chi connectivity index (χ3n) is 3.02. The Hall–Kier alpha value is -0.820.